The number of para-hydroxylation sites is 1. The van der Waals surface area contributed by atoms with E-state index in [1.54, 1.807) is 7.11 Å². The third-order valence-corrected chi connectivity index (χ3v) is 5.39. The lowest BCUT2D eigenvalue weighted by molar-refractivity contribution is -0.0209. The van der Waals surface area contributed by atoms with Crippen molar-refractivity contribution in [3.8, 4) is 11.5 Å². The van der Waals surface area contributed by atoms with Gasteiger partial charge in [0, 0.05) is 22.6 Å². The molecule has 28 heavy (non-hydrogen) atoms. The number of hydrogen-bond acceptors (Lipinski definition) is 5. The SMILES string of the molecule is COc1cccc2c1O[C@@H](c1cccc(Cl)c1)N1N=C(c3ccc(C)o3)C[C@@H]21. The first-order chi connectivity index (χ1) is 13.6. The van der Waals surface area contributed by atoms with Gasteiger partial charge >= 0.3 is 0 Å². The van der Waals surface area contributed by atoms with Gasteiger partial charge in [0.2, 0.25) is 6.23 Å². The Morgan fingerprint density at radius 2 is 2.00 bits per heavy atom. The molecule has 0 aliphatic carbocycles. The zero-order chi connectivity index (χ0) is 19.3. The van der Waals surface area contributed by atoms with Crippen LogP contribution in [0, 0.1) is 6.92 Å². The van der Waals surface area contributed by atoms with Crippen molar-refractivity contribution in [3.63, 3.8) is 0 Å². The summed E-state index contributed by atoms with van der Waals surface area (Å²) in [5.41, 5.74) is 2.90. The third kappa shape index (κ3) is 2.74. The van der Waals surface area contributed by atoms with E-state index in [9.17, 15) is 0 Å². The second-order valence-electron chi connectivity index (χ2n) is 6.96. The molecule has 0 unspecified atom stereocenters. The van der Waals surface area contributed by atoms with E-state index in [1.807, 2.05) is 60.5 Å². The van der Waals surface area contributed by atoms with Crippen LogP contribution in [0.15, 0.2) is 64.1 Å². The van der Waals surface area contributed by atoms with Crippen LogP contribution in [0.4, 0.5) is 0 Å². The van der Waals surface area contributed by atoms with Crippen LogP contribution >= 0.6 is 11.6 Å². The molecule has 0 radical (unpaired) electrons. The molecular formula is C22H19ClN2O3. The second kappa shape index (κ2) is 6.60. The Labute approximate surface area is 168 Å². The highest BCUT2D eigenvalue weighted by atomic mass is 35.5. The number of aryl methyl sites for hydroxylation is 1. The highest BCUT2D eigenvalue weighted by Crippen LogP contribution is 2.50. The standard InChI is InChI=1S/C22H19ClN2O3/c1-13-9-10-19(27-13)17-12-18-16-7-4-8-20(26-2)21(16)28-22(25(18)24-17)14-5-3-6-15(23)11-14/h3-11,18,22H,12H2,1-2H3/t18-,22-/m0/s1. The smallest absolute Gasteiger partial charge is 0.214 e. The predicted octanol–water partition coefficient (Wildman–Crippen LogP) is 5.49. The van der Waals surface area contributed by atoms with Crippen molar-refractivity contribution in [1.82, 2.24) is 5.01 Å². The van der Waals surface area contributed by atoms with Crippen molar-refractivity contribution >= 4 is 17.3 Å². The van der Waals surface area contributed by atoms with Crippen LogP contribution in [0.5, 0.6) is 11.5 Å². The minimum atomic E-state index is -0.402. The van der Waals surface area contributed by atoms with E-state index in [1.165, 1.54) is 0 Å². The fraction of sp³-hybridized carbons (Fsp3) is 0.227. The molecule has 5 nitrogen and oxygen atoms in total. The van der Waals surface area contributed by atoms with E-state index in [2.05, 4.69) is 6.07 Å². The Balaban J connectivity index is 1.63. The third-order valence-electron chi connectivity index (χ3n) is 5.16. The fourth-order valence-electron chi connectivity index (χ4n) is 3.86. The number of rotatable bonds is 3. The number of benzene rings is 2. The zero-order valence-corrected chi connectivity index (χ0v) is 16.3. The Kier molecular flexibility index (Phi) is 4.05. The molecule has 3 aromatic rings. The topological polar surface area (TPSA) is 47.2 Å². The summed E-state index contributed by atoms with van der Waals surface area (Å²) in [6.45, 7) is 1.93. The average Bonchev–Trinajstić information content (AvgIpc) is 3.33. The largest absolute Gasteiger partial charge is 0.493 e. The van der Waals surface area contributed by atoms with E-state index in [0.717, 1.165) is 40.5 Å². The summed E-state index contributed by atoms with van der Waals surface area (Å²) in [5, 5.41) is 7.54. The van der Waals surface area contributed by atoms with Crippen LogP contribution in [0.2, 0.25) is 5.02 Å². The number of halogens is 1. The molecule has 0 spiro atoms. The van der Waals surface area contributed by atoms with E-state index in [4.69, 9.17) is 30.6 Å². The van der Waals surface area contributed by atoms with Gasteiger partial charge in [0.25, 0.3) is 0 Å². The van der Waals surface area contributed by atoms with Crippen molar-refractivity contribution in [2.75, 3.05) is 7.11 Å². The monoisotopic (exact) mass is 394 g/mol. The molecule has 0 N–H and O–H groups in total. The molecule has 2 aliphatic rings. The number of fused-ring (bicyclic) bond motifs is 3. The minimum absolute atomic E-state index is 0.0308. The fourth-order valence-corrected chi connectivity index (χ4v) is 4.06. The summed E-state index contributed by atoms with van der Waals surface area (Å²) < 4.78 is 17.8. The zero-order valence-electron chi connectivity index (χ0n) is 15.6. The summed E-state index contributed by atoms with van der Waals surface area (Å²) in [4.78, 5) is 0. The lowest BCUT2D eigenvalue weighted by Crippen LogP contribution is -2.33. The molecule has 0 saturated carbocycles. The van der Waals surface area contributed by atoms with Crippen LogP contribution in [-0.4, -0.2) is 17.8 Å². The summed E-state index contributed by atoms with van der Waals surface area (Å²) in [6.07, 6.45) is 0.328. The van der Waals surface area contributed by atoms with Crippen LogP contribution in [0.1, 0.15) is 41.3 Å². The summed E-state index contributed by atoms with van der Waals surface area (Å²) in [6, 6.07) is 17.6. The van der Waals surface area contributed by atoms with Crippen LogP contribution in [0.3, 0.4) is 0 Å². The van der Waals surface area contributed by atoms with E-state index in [-0.39, 0.29) is 6.04 Å². The number of methoxy groups -OCH3 is 1. The van der Waals surface area contributed by atoms with Crippen molar-refractivity contribution < 1.29 is 13.9 Å². The second-order valence-corrected chi connectivity index (χ2v) is 7.40. The predicted molar refractivity (Wildman–Crippen MR) is 107 cm³/mol. The first kappa shape index (κ1) is 17.2. The molecule has 6 heteroatoms. The van der Waals surface area contributed by atoms with E-state index < -0.39 is 6.23 Å². The first-order valence-corrected chi connectivity index (χ1v) is 9.53. The lowest BCUT2D eigenvalue weighted by atomic mass is 9.97. The number of hydrazone groups is 1. The van der Waals surface area contributed by atoms with Crippen LogP contribution < -0.4 is 9.47 Å². The van der Waals surface area contributed by atoms with Gasteiger partial charge in [-0.05, 0) is 37.3 Å². The highest BCUT2D eigenvalue weighted by molar-refractivity contribution is 6.30. The Morgan fingerprint density at radius 3 is 2.75 bits per heavy atom. The van der Waals surface area contributed by atoms with Crippen molar-refractivity contribution in [3.05, 3.63) is 82.3 Å². The molecule has 2 atom stereocenters. The molecule has 3 heterocycles. The average molecular weight is 395 g/mol. The quantitative estimate of drug-likeness (QED) is 0.589. The van der Waals surface area contributed by atoms with Gasteiger partial charge in [0.05, 0.1) is 13.2 Å². The van der Waals surface area contributed by atoms with E-state index in [0.29, 0.717) is 10.8 Å². The number of furan rings is 1. The molecular weight excluding hydrogens is 376 g/mol. The maximum absolute atomic E-state index is 6.40. The van der Waals surface area contributed by atoms with Crippen molar-refractivity contribution in [1.29, 1.82) is 0 Å². The molecule has 0 saturated heterocycles. The van der Waals surface area contributed by atoms with Gasteiger partial charge in [0.15, 0.2) is 11.5 Å². The van der Waals surface area contributed by atoms with Gasteiger partial charge in [-0.25, -0.2) is 5.01 Å². The van der Waals surface area contributed by atoms with Gasteiger partial charge in [-0.2, -0.15) is 5.10 Å². The number of ether oxygens (including phenoxy) is 2. The molecule has 0 bridgehead atoms. The minimum Gasteiger partial charge on any atom is -0.493 e. The number of nitrogens with zero attached hydrogens (tertiary/aromatic N) is 2. The maximum Gasteiger partial charge on any atom is 0.214 e. The van der Waals surface area contributed by atoms with Gasteiger partial charge in [-0.3, -0.25) is 0 Å². The van der Waals surface area contributed by atoms with Gasteiger partial charge in [0.1, 0.15) is 17.2 Å². The van der Waals surface area contributed by atoms with Gasteiger partial charge < -0.3 is 13.9 Å². The van der Waals surface area contributed by atoms with Crippen molar-refractivity contribution in [2.45, 2.75) is 25.6 Å². The number of hydrogen-bond donors (Lipinski definition) is 0. The summed E-state index contributed by atoms with van der Waals surface area (Å²) in [7, 11) is 1.65. The van der Waals surface area contributed by atoms with E-state index >= 15 is 0 Å². The molecule has 142 valence electrons. The molecule has 0 fully saturated rings. The highest BCUT2D eigenvalue weighted by Gasteiger charge is 2.42. The van der Waals surface area contributed by atoms with Gasteiger partial charge in [-0.15, -0.1) is 0 Å². The Hall–Kier alpha value is -2.92. The van der Waals surface area contributed by atoms with Gasteiger partial charge in [-0.1, -0.05) is 35.9 Å². The van der Waals surface area contributed by atoms with Crippen LogP contribution in [0.25, 0.3) is 0 Å². The summed E-state index contributed by atoms with van der Waals surface area (Å²) in [5.74, 6) is 3.13. The molecule has 5 rings (SSSR count). The molecule has 2 aromatic carbocycles. The summed E-state index contributed by atoms with van der Waals surface area (Å²) >= 11 is 6.24. The maximum atomic E-state index is 6.40. The molecule has 0 amide bonds. The Morgan fingerprint density at radius 1 is 1.14 bits per heavy atom. The lowest BCUT2D eigenvalue weighted by Gasteiger charge is -2.38. The Bertz CT molecular complexity index is 1080. The van der Waals surface area contributed by atoms with Crippen LogP contribution in [-0.2, 0) is 0 Å². The first-order valence-electron chi connectivity index (χ1n) is 9.15. The van der Waals surface area contributed by atoms with Crippen molar-refractivity contribution in [2.24, 2.45) is 5.10 Å². The molecule has 2 aliphatic heterocycles. The normalized spacial score (nSPS) is 20.2. The molecule has 1 aromatic heterocycles.